The Hall–Kier alpha value is -3.59. The number of hydrogen-bond donors (Lipinski definition) is 2. The van der Waals surface area contributed by atoms with E-state index in [0.717, 1.165) is 12.1 Å². The van der Waals surface area contributed by atoms with Crippen molar-refractivity contribution in [1.29, 1.82) is 0 Å². The summed E-state index contributed by atoms with van der Waals surface area (Å²) in [7, 11) is 0. The van der Waals surface area contributed by atoms with E-state index in [1.165, 1.54) is 0 Å². The maximum atomic E-state index is 13.0. The van der Waals surface area contributed by atoms with E-state index in [-0.39, 0.29) is 17.4 Å². The van der Waals surface area contributed by atoms with Gasteiger partial charge in [-0.3, -0.25) is 24.6 Å². The average Bonchev–Trinajstić information content (AvgIpc) is 3.29. The molecule has 2 N–H and O–H groups in total. The molecular weight excluding hydrogens is 454 g/mol. The van der Waals surface area contributed by atoms with E-state index >= 15 is 0 Å². The summed E-state index contributed by atoms with van der Waals surface area (Å²) in [6.07, 6.45) is 2.51. The highest BCUT2D eigenvalue weighted by atomic mass is 35.5. The minimum Gasteiger partial charge on any atom is -0.366 e. The molecule has 2 aromatic heterocycles. The first-order valence-corrected chi connectivity index (χ1v) is 11.3. The summed E-state index contributed by atoms with van der Waals surface area (Å²) in [6, 6.07) is 16.3. The van der Waals surface area contributed by atoms with Gasteiger partial charge >= 0.3 is 0 Å². The molecule has 1 aliphatic heterocycles. The van der Waals surface area contributed by atoms with Crippen LogP contribution in [0.25, 0.3) is 10.9 Å². The Morgan fingerprint density at radius 1 is 1.15 bits per heavy atom. The molecule has 8 nitrogen and oxygen atoms in total. The second-order valence-corrected chi connectivity index (χ2v) is 8.48. The average molecular weight is 476 g/mol. The number of aromatic nitrogens is 3. The van der Waals surface area contributed by atoms with Crippen molar-refractivity contribution in [2.45, 2.75) is 12.6 Å². The first-order valence-electron chi connectivity index (χ1n) is 10.9. The molecule has 172 valence electrons. The number of ketones is 1. The lowest BCUT2D eigenvalue weighted by Gasteiger charge is -2.32. The third-order valence-electron chi connectivity index (χ3n) is 5.78. The van der Waals surface area contributed by atoms with Crippen LogP contribution in [0.5, 0.6) is 0 Å². The Balaban J connectivity index is 1.29. The topological polar surface area (TPSA) is 100 Å². The quantitative estimate of drug-likeness (QED) is 0.413. The van der Waals surface area contributed by atoms with Crippen LogP contribution in [0.1, 0.15) is 21.6 Å². The van der Waals surface area contributed by atoms with Crippen molar-refractivity contribution in [1.82, 2.24) is 20.1 Å². The minimum absolute atomic E-state index is 0.219. The third-order valence-corrected chi connectivity index (χ3v) is 6.15. The normalized spacial score (nSPS) is 16.4. The van der Waals surface area contributed by atoms with Gasteiger partial charge < -0.3 is 10.1 Å². The number of morpholine rings is 1. The Morgan fingerprint density at radius 3 is 2.79 bits per heavy atom. The Morgan fingerprint density at radius 2 is 1.97 bits per heavy atom. The van der Waals surface area contributed by atoms with Crippen molar-refractivity contribution in [3.8, 4) is 0 Å². The van der Waals surface area contributed by atoms with Crippen molar-refractivity contribution in [3.63, 3.8) is 0 Å². The van der Waals surface area contributed by atoms with Gasteiger partial charge in [-0.15, -0.1) is 0 Å². The van der Waals surface area contributed by atoms with Crippen LogP contribution in [-0.2, 0) is 16.1 Å². The van der Waals surface area contributed by atoms with Crippen LogP contribution >= 0.6 is 11.6 Å². The van der Waals surface area contributed by atoms with Crippen molar-refractivity contribution >= 4 is 39.9 Å². The number of aromatic amines is 1. The number of H-pyrrole nitrogens is 1. The molecule has 0 radical (unpaired) electrons. The molecule has 1 atom stereocenters. The summed E-state index contributed by atoms with van der Waals surface area (Å²) in [5.74, 6) is -0.461. The summed E-state index contributed by atoms with van der Waals surface area (Å²) in [4.78, 5) is 31.9. The fraction of sp³-hybridized carbons (Fsp3) is 0.200. The van der Waals surface area contributed by atoms with E-state index in [2.05, 4.69) is 25.4 Å². The van der Waals surface area contributed by atoms with E-state index < -0.39 is 6.10 Å². The van der Waals surface area contributed by atoms with Gasteiger partial charge in [-0.05, 0) is 42.0 Å². The zero-order valence-electron chi connectivity index (χ0n) is 18.2. The summed E-state index contributed by atoms with van der Waals surface area (Å²) in [5.41, 5.74) is 3.07. The molecule has 1 unspecified atom stereocenters. The molecule has 0 aliphatic carbocycles. The standard InChI is InChI=1S/C25H22ClN5O3/c26-20-4-2-1-3-17(20)14-31-11-12-34-22(15-31)25(33)28-18-5-6-21-19(13-18)23(30-29-21)24(32)16-7-9-27-10-8-16/h1-10,13,22H,11-12,14-15H2,(H,28,33)(H,29,30). The van der Waals surface area contributed by atoms with Crippen LogP contribution in [-0.4, -0.2) is 57.6 Å². The molecule has 1 aliphatic rings. The predicted molar refractivity (Wildman–Crippen MR) is 129 cm³/mol. The number of nitrogens with one attached hydrogen (secondary N) is 2. The number of anilines is 1. The molecule has 3 heterocycles. The number of fused-ring (bicyclic) bond motifs is 1. The molecule has 9 heteroatoms. The number of carbonyl (C=O) groups is 2. The lowest BCUT2D eigenvalue weighted by Crippen LogP contribution is -2.47. The fourth-order valence-electron chi connectivity index (χ4n) is 4.00. The largest absolute Gasteiger partial charge is 0.366 e. The number of hydrogen-bond acceptors (Lipinski definition) is 6. The van der Waals surface area contributed by atoms with E-state index in [1.54, 1.807) is 42.7 Å². The highest BCUT2D eigenvalue weighted by Gasteiger charge is 2.27. The molecule has 34 heavy (non-hydrogen) atoms. The smallest absolute Gasteiger partial charge is 0.254 e. The van der Waals surface area contributed by atoms with Gasteiger partial charge in [0.05, 0.1) is 12.1 Å². The minimum atomic E-state index is -0.616. The van der Waals surface area contributed by atoms with Gasteiger partial charge in [-0.1, -0.05) is 29.8 Å². The number of benzene rings is 2. The number of halogens is 1. The van der Waals surface area contributed by atoms with E-state index in [1.807, 2.05) is 24.3 Å². The van der Waals surface area contributed by atoms with Crippen LogP contribution in [0, 0.1) is 0 Å². The molecule has 5 rings (SSSR count). The van der Waals surface area contributed by atoms with Gasteiger partial charge in [-0.25, -0.2) is 0 Å². The highest BCUT2D eigenvalue weighted by molar-refractivity contribution is 6.31. The van der Waals surface area contributed by atoms with Gasteiger partial charge in [0.25, 0.3) is 5.91 Å². The molecule has 1 saturated heterocycles. The Kier molecular flexibility index (Phi) is 6.35. The molecule has 1 fully saturated rings. The maximum Gasteiger partial charge on any atom is 0.254 e. The zero-order chi connectivity index (χ0) is 23.5. The van der Waals surface area contributed by atoms with E-state index in [9.17, 15) is 9.59 Å². The lowest BCUT2D eigenvalue weighted by atomic mass is 10.1. The predicted octanol–water partition coefficient (Wildman–Crippen LogP) is 3.68. The summed E-state index contributed by atoms with van der Waals surface area (Å²) in [6.45, 7) is 2.27. The van der Waals surface area contributed by atoms with Crippen LogP contribution in [0.15, 0.2) is 67.0 Å². The third kappa shape index (κ3) is 4.70. The van der Waals surface area contributed by atoms with E-state index in [4.69, 9.17) is 16.3 Å². The lowest BCUT2D eigenvalue weighted by molar-refractivity contribution is -0.133. The summed E-state index contributed by atoms with van der Waals surface area (Å²) in [5, 5.41) is 11.3. The number of carbonyl (C=O) groups excluding carboxylic acids is 2. The van der Waals surface area contributed by atoms with Crippen LogP contribution < -0.4 is 5.32 Å². The second-order valence-electron chi connectivity index (χ2n) is 8.07. The first-order chi connectivity index (χ1) is 16.6. The molecule has 1 amide bonds. The van der Waals surface area contributed by atoms with Crippen molar-refractivity contribution in [2.75, 3.05) is 25.0 Å². The van der Waals surface area contributed by atoms with Crippen LogP contribution in [0.4, 0.5) is 5.69 Å². The van der Waals surface area contributed by atoms with Gasteiger partial charge in [0.1, 0.15) is 11.8 Å². The molecule has 0 saturated carbocycles. The van der Waals surface area contributed by atoms with Gasteiger partial charge in [0, 0.05) is 53.7 Å². The maximum absolute atomic E-state index is 13.0. The van der Waals surface area contributed by atoms with E-state index in [0.29, 0.717) is 46.9 Å². The number of pyridine rings is 1. The van der Waals surface area contributed by atoms with Crippen molar-refractivity contribution in [2.24, 2.45) is 0 Å². The Bertz CT molecular complexity index is 1340. The number of rotatable bonds is 6. The second kappa shape index (κ2) is 9.72. The van der Waals surface area contributed by atoms with Gasteiger partial charge in [-0.2, -0.15) is 5.10 Å². The molecule has 0 spiro atoms. The van der Waals surface area contributed by atoms with Crippen LogP contribution in [0.2, 0.25) is 5.02 Å². The molecule has 4 aromatic rings. The fourth-order valence-corrected chi connectivity index (χ4v) is 4.20. The summed E-state index contributed by atoms with van der Waals surface area (Å²) < 4.78 is 5.74. The molecular formula is C25H22ClN5O3. The van der Waals surface area contributed by atoms with Crippen molar-refractivity contribution < 1.29 is 14.3 Å². The Labute approximate surface area is 200 Å². The number of amides is 1. The molecule has 2 aromatic carbocycles. The summed E-state index contributed by atoms with van der Waals surface area (Å²) >= 11 is 6.29. The van der Waals surface area contributed by atoms with Crippen molar-refractivity contribution in [3.05, 3.63) is 88.8 Å². The molecule has 0 bridgehead atoms. The SMILES string of the molecule is O=C(c1ccncc1)c1n[nH]c2ccc(NC(=O)C3CN(Cc4ccccc4Cl)CCO3)cc12. The zero-order valence-corrected chi connectivity index (χ0v) is 19.0. The first kappa shape index (κ1) is 22.2. The van der Waals surface area contributed by atoms with Crippen LogP contribution in [0.3, 0.4) is 0 Å². The highest BCUT2D eigenvalue weighted by Crippen LogP contribution is 2.24. The number of nitrogens with zero attached hydrogens (tertiary/aromatic N) is 3. The monoisotopic (exact) mass is 475 g/mol. The van der Waals surface area contributed by atoms with Gasteiger partial charge in [0.2, 0.25) is 5.78 Å². The van der Waals surface area contributed by atoms with Gasteiger partial charge in [0.15, 0.2) is 0 Å². The number of ether oxygens (including phenoxy) is 1.